The highest BCUT2D eigenvalue weighted by Crippen LogP contribution is 2.37. The summed E-state index contributed by atoms with van der Waals surface area (Å²) in [5.41, 5.74) is 5.46. The van der Waals surface area contributed by atoms with Gasteiger partial charge < -0.3 is 20.7 Å². The molecule has 0 saturated heterocycles. The van der Waals surface area contributed by atoms with Crippen molar-refractivity contribution in [1.82, 2.24) is 0 Å². The third kappa shape index (κ3) is 2.63. The Morgan fingerprint density at radius 1 is 1.53 bits per heavy atom. The van der Waals surface area contributed by atoms with Crippen LogP contribution in [0.4, 0.5) is 5.69 Å². The normalized spacial score (nSPS) is 14.1. The van der Waals surface area contributed by atoms with Gasteiger partial charge in [0.15, 0.2) is 11.5 Å². The fraction of sp³-hybridized carbons (Fsp3) is 0.400. The zero-order chi connectivity index (χ0) is 13.2. The lowest BCUT2D eigenvalue weighted by Gasteiger charge is -2.17. The molecular weight excluding hydrogens is 228 g/mol. The first kappa shape index (κ1) is 13.2. The summed E-state index contributed by atoms with van der Waals surface area (Å²) in [6, 6.07) is 1.28. The predicted octanol–water partition coefficient (Wildman–Crippen LogP) is 0.690. The molecule has 2 atom stereocenters. The van der Waals surface area contributed by atoms with E-state index in [-0.39, 0.29) is 22.7 Å². The van der Waals surface area contributed by atoms with Gasteiger partial charge in [-0.25, -0.2) is 0 Å². The second kappa shape index (κ2) is 4.98. The number of nitro benzene ring substituents is 1. The van der Waals surface area contributed by atoms with Gasteiger partial charge in [-0.1, -0.05) is 0 Å². The van der Waals surface area contributed by atoms with Crippen LogP contribution in [-0.2, 0) is 0 Å². The van der Waals surface area contributed by atoms with Crippen molar-refractivity contribution in [3.05, 3.63) is 27.8 Å². The van der Waals surface area contributed by atoms with E-state index < -0.39 is 17.1 Å². The number of nitrogens with zero attached hydrogens (tertiary/aromatic N) is 1. The molecule has 0 aliphatic heterocycles. The van der Waals surface area contributed by atoms with Gasteiger partial charge in [-0.2, -0.15) is 0 Å². The van der Waals surface area contributed by atoms with Gasteiger partial charge in [0.1, 0.15) is 0 Å². The average molecular weight is 242 g/mol. The molecule has 1 aromatic rings. The molecule has 17 heavy (non-hydrogen) atoms. The smallest absolute Gasteiger partial charge is 0.273 e. The SMILES string of the molecule is COc1cc([N+](=O)[O-])cc([C@@H](N)[C@H](C)O)c1O. The fourth-order valence-corrected chi connectivity index (χ4v) is 1.39. The molecule has 0 saturated carbocycles. The maximum atomic E-state index is 10.7. The number of aromatic hydroxyl groups is 1. The van der Waals surface area contributed by atoms with Crippen LogP contribution in [0.1, 0.15) is 18.5 Å². The number of aliphatic hydroxyl groups is 1. The number of nitrogens with two attached hydrogens (primary N) is 1. The van der Waals surface area contributed by atoms with Crippen LogP contribution in [0.15, 0.2) is 12.1 Å². The zero-order valence-corrected chi connectivity index (χ0v) is 9.45. The Bertz CT molecular complexity index is 433. The quantitative estimate of drug-likeness (QED) is 0.528. The molecule has 1 aromatic carbocycles. The number of hydrogen-bond donors (Lipinski definition) is 3. The van der Waals surface area contributed by atoms with Gasteiger partial charge in [-0.15, -0.1) is 0 Å². The molecule has 0 aromatic heterocycles. The molecule has 0 amide bonds. The Morgan fingerprint density at radius 3 is 2.53 bits per heavy atom. The number of phenols is 1. The van der Waals surface area contributed by atoms with E-state index in [9.17, 15) is 20.3 Å². The zero-order valence-electron chi connectivity index (χ0n) is 9.45. The third-order valence-corrected chi connectivity index (χ3v) is 2.40. The number of phenolic OH excluding ortho intramolecular Hbond substituents is 1. The molecule has 4 N–H and O–H groups in total. The lowest BCUT2D eigenvalue weighted by molar-refractivity contribution is -0.385. The number of ether oxygens (including phenoxy) is 1. The van der Waals surface area contributed by atoms with Gasteiger partial charge in [0.05, 0.1) is 30.2 Å². The summed E-state index contributed by atoms with van der Waals surface area (Å²) in [6.07, 6.45) is -0.951. The van der Waals surface area contributed by atoms with E-state index in [4.69, 9.17) is 10.5 Å². The van der Waals surface area contributed by atoms with Crippen molar-refractivity contribution in [2.75, 3.05) is 7.11 Å². The van der Waals surface area contributed by atoms with E-state index in [0.717, 1.165) is 12.1 Å². The van der Waals surface area contributed by atoms with Crippen molar-refractivity contribution in [1.29, 1.82) is 0 Å². The van der Waals surface area contributed by atoms with Gasteiger partial charge >= 0.3 is 0 Å². The first-order chi connectivity index (χ1) is 7.88. The second-order valence-corrected chi connectivity index (χ2v) is 3.61. The Balaban J connectivity index is 3.37. The third-order valence-electron chi connectivity index (χ3n) is 2.40. The number of methoxy groups -OCH3 is 1. The summed E-state index contributed by atoms with van der Waals surface area (Å²) < 4.78 is 4.81. The summed E-state index contributed by atoms with van der Waals surface area (Å²) in [5, 5.41) is 29.8. The maximum Gasteiger partial charge on any atom is 0.273 e. The number of nitro groups is 1. The summed E-state index contributed by atoms with van der Waals surface area (Å²) in [4.78, 5) is 10.1. The second-order valence-electron chi connectivity index (χ2n) is 3.61. The first-order valence-corrected chi connectivity index (χ1v) is 4.87. The molecule has 0 fully saturated rings. The van der Waals surface area contributed by atoms with Gasteiger partial charge in [0, 0.05) is 11.6 Å². The van der Waals surface area contributed by atoms with Crippen LogP contribution >= 0.6 is 0 Å². The van der Waals surface area contributed by atoms with E-state index in [1.807, 2.05) is 0 Å². The van der Waals surface area contributed by atoms with Gasteiger partial charge in [0.25, 0.3) is 5.69 Å². The van der Waals surface area contributed by atoms with Crippen molar-refractivity contribution in [2.24, 2.45) is 5.73 Å². The Morgan fingerprint density at radius 2 is 2.12 bits per heavy atom. The minimum Gasteiger partial charge on any atom is -0.504 e. The molecule has 1 rings (SSSR count). The van der Waals surface area contributed by atoms with Crippen molar-refractivity contribution in [3.63, 3.8) is 0 Å². The lowest BCUT2D eigenvalue weighted by atomic mass is 10.0. The molecule has 7 heteroatoms. The molecule has 7 nitrogen and oxygen atoms in total. The standard InChI is InChI=1S/C10H14N2O5/c1-5(13)9(11)7-3-6(12(15)16)4-8(17-2)10(7)14/h3-5,9,13-14H,11H2,1-2H3/t5-,9-/m0/s1. The van der Waals surface area contributed by atoms with Crippen LogP contribution < -0.4 is 10.5 Å². The number of non-ortho nitro benzene ring substituents is 1. The van der Waals surface area contributed by atoms with Crippen LogP contribution in [0.25, 0.3) is 0 Å². The minimum absolute atomic E-state index is 0.0506. The minimum atomic E-state index is -0.951. The van der Waals surface area contributed by atoms with E-state index in [1.54, 1.807) is 0 Å². The molecule has 0 spiro atoms. The summed E-state index contributed by atoms with van der Waals surface area (Å²) in [6.45, 7) is 1.43. The van der Waals surface area contributed by atoms with Crippen molar-refractivity contribution < 1.29 is 19.9 Å². The van der Waals surface area contributed by atoms with Crippen LogP contribution in [-0.4, -0.2) is 28.4 Å². The summed E-state index contributed by atoms with van der Waals surface area (Å²) in [7, 11) is 1.27. The summed E-state index contributed by atoms with van der Waals surface area (Å²) >= 11 is 0. The van der Waals surface area contributed by atoms with Crippen molar-refractivity contribution in [3.8, 4) is 11.5 Å². The van der Waals surface area contributed by atoms with E-state index >= 15 is 0 Å². The summed E-state index contributed by atoms with van der Waals surface area (Å²) in [5.74, 6) is -0.350. The maximum absolute atomic E-state index is 10.7. The number of benzene rings is 1. The van der Waals surface area contributed by atoms with Gasteiger partial charge in [0.2, 0.25) is 0 Å². The number of rotatable bonds is 4. The highest BCUT2D eigenvalue weighted by Gasteiger charge is 2.23. The molecule has 0 aliphatic carbocycles. The highest BCUT2D eigenvalue weighted by molar-refractivity contribution is 5.54. The molecule has 0 radical (unpaired) electrons. The van der Waals surface area contributed by atoms with Gasteiger partial charge in [-0.05, 0) is 6.92 Å². The van der Waals surface area contributed by atoms with E-state index in [0.29, 0.717) is 0 Å². The van der Waals surface area contributed by atoms with Gasteiger partial charge in [-0.3, -0.25) is 10.1 Å². The Hall–Kier alpha value is -1.86. The van der Waals surface area contributed by atoms with Crippen LogP contribution in [0.5, 0.6) is 11.5 Å². The molecule has 0 aliphatic rings. The lowest BCUT2D eigenvalue weighted by Crippen LogP contribution is -2.23. The number of aliphatic hydroxyl groups excluding tert-OH is 1. The molecule has 0 bridgehead atoms. The Kier molecular flexibility index (Phi) is 3.87. The fourth-order valence-electron chi connectivity index (χ4n) is 1.39. The Labute approximate surface area is 97.6 Å². The van der Waals surface area contributed by atoms with E-state index in [2.05, 4.69) is 0 Å². The topological polar surface area (TPSA) is 119 Å². The number of hydrogen-bond acceptors (Lipinski definition) is 6. The highest BCUT2D eigenvalue weighted by atomic mass is 16.6. The predicted molar refractivity (Wildman–Crippen MR) is 59.9 cm³/mol. The van der Waals surface area contributed by atoms with Crippen molar-refractivity contribution >= 4 is 5.69 Å². The molecule has 0 heterocycles. The molecular formula is C10H14N2O5. The molecule has 94 valence electrons. The van der Waals surface area contributed by atoms with Crippen LogP contribution in [0.2, 0.25) is 0 Å². The molecule has 0 unspecified atom stereocenters. The first-order valence-electron chi connectivity index (χ1n) is 4.87. The van der Waals surface area contributed by atoms with E-state index in [1.165, 1.54) is 14.0 Å². The average Bonchev–Trinajstić information content (AvgIpc) is 2.27. The monoisotopic (exact) mass is 242 g/mol. The largest absolute Gasteiger partial charge is 0.504 e. The van der Waals surface area contributed by atoms with Crippen LogP contribution in [0, 0.1) is 10.1 Å². The van der Waals surface area contributed by atoms with Crippen molar-refractivity contribution in [2.45, 2.75) is 19.1 Å². The van der Waals surface area contributed by atoms with Crippen LogP contribution in [0.3, 0.4) is 0 Å².